The summed E-state index contributed by atoms with van der Waals surface area (Å²) < 4.78 is 44.1. The first kappa shape index (κ1) is 27.1. The van der Waals surface area contributed by atoms with Crippen molar-refractivity contribution < 1.29 is 32.3 Å². The molecule has 0 saturated carbocycles. The first-order valence-electron chi connectivity index (χ1n) is 12.5. The zero-order valence-corrected chi connectivity index (χ0v) is 20.7. The third kappa shape index (κ3) is 7.31. The van der Waals surface area contributed by atoms with Gasteiger partial charge in [0.05, 0.1) is 5.56 Å². The molecule has 1 aliphatic carbocycles. The highest BCUT2D eigenvalue weighted by atomic mass is 19.4. The molecule has 2 aromatic rings. The van der Waals surface area contributed by atoms with Crippen LogP contribution in [0, 0.1) is 11.8 Å². The zero-order valence-electron chi connectivity index (χ0n) is 20.7. The molecular formula is C30H28F3NO4. The van der Waals surface area contributed by atoms with Crippen LogP contribution in [0.5, 0.6) is 0 Å². The summed E-state index contributed by atoms with van der Waals surface area (Å²) in [7, 11) is 0. The lowest BCUT2D eigenvalue weighted by molar-refractivity contribution is -0.137. The molecule has 1 heterocycles. The number of hydrogen-bond acceptors (Lipinski definition) is 4. The van der Waals surface area contributed by atoms with E-state index in [1.165, 1.54) is 18.2 Å². The van der Waals surface area contributed by atoms with Crippen LogP contribution in [0.4, 0.5) is 18.0 Å². The molecule has 1 saturated heterocycles. The molecular weight excluding hydrogens is 495 g/mol. The number of piperidine rings is 1. The van der Waals surface area contributed by atoms with Gasteiger partial charge >= 0.3 is 12.3 Å². The van der Waals surface area contributed by atoms with E-state index in [4.69, 9.17) is 4.74 Å². The van der Waals surface area contributed by atoms with Crippen LogP contribution in [0.2, 0.25) is 0 Å². The molecule has 0 aromatic heterocycles. The van der Waals surface area contributed by atoms with Crippen molar-refractivity contribution in [3.05, 3.63) is 107 Å². The summed E-state index contributed by atoms with van der Waals surface area (Å²) in [5.74, 6) is -0.662. The summed E-state index contributed by atoms with van der Waals surface area (Å²) in [6.07, 6.45) is 4.90. The Hall–Kier alpha value is -3.94. The second-order valence-electron chi connectivity index (χ2n) is 9.44. The number of nitrogens with zero attached hydrogens (tertiary/aromatic N) is 1. The molecule has 38 heavy (non-hydrogen) atoms. The number of rotatable bonds is 7. The van der Waals surface area contributed by atoms with Gasteiger partial charge in [0, 0.05) is 36.9 Å². The Kier molecular flexibility index (Phi) is 8.61. The fourth-order valence-electron chi connectivity index (χ4n) is 4.50. The lowest BCUT2D eigenvalue weighted by Crippen LogP contribution is -2.40. The molecule has 0 unspecified atom stereocenters. The molecule has 2 aromatic carbocycles. The average molecular weight is 524 g/mol. The molecule has 5 nitrogen and oxygen atoms in total. The number of carbonyl (C=O) groups is 3. The maximum atomic E-state index is 12.9. The molecule has 1 amide bonds. The summed E-state index contributed by atoms with van der Waals surface area (Å²) in [6, 6.07) is 13.8. The van der Waals surface area contributed by atoms with Crippen molar-refractivity contribution in [3.63, 3.8) is 0 Å². The van der Waals surface area contributed by atoms with Gasteiger partial charge in [-0.2, -0.15) is 13.2 Å². The maximum Gasteiger partial charge on any atom is 0.416 e. The molecule has 1 fully saturated rings. The number of Topliss-reactive ketones (excluding diaryl/α,β-unsaturated/α-hetero) is 1. The van der Waals surface area contributed by atoms with Gasteiger partial charge < -0.3 is 9.64 Å². The summed E-state index contributed by atoms with van der Waals surface area (Å²) in [6.45, 7) is 1.14. The van der Waals surface area contributed by atoms with Crippen molar-refractivity contribution in [1.29, 1.82) is 0 Å². The van der Waals surface area contributed by atoms with E-state index in [-0.39, 0.29) is 35.9 Å². The molecule has 0 N–H and O–H groups in total. The third-order valence-corrected chi connectivity index (χ3v) is 6.69. The van der Waals surface area contributed by atoms with E-state index in [1.807, 2.05) is 42.5 Å². The number of benzene rings is 2. The highest BCUT2D eigenvalue weighted by Gasteiger charge is 2.31. The Morgan fingerprint density at radius 3 is 2.29 bits per heavy atom. The summed E-state index contributed by atoms with van der Waals surface area (Å²) in [4.78, 5) is 39.3. The van der Waals surface area contributed by atoms with Crippen molar-refractivity contribution in [2.24, 2.45) is 11.8 Å². The van der Waals surface area contributed by atoms with E-state index >= 15 is 0 Å². The summed E-state index contributed by atoms with van der Waals surface area (Å²) in [5, 5.41) is 0. The van der Waals surface area contributed by atoms with E-state index in [1.54, 1.807) is 17.1 Å². The largest absolute Gasteiger partial charge is 0.445 e. The van der Waals surface area contributed by atoms with Crippen molar-refractivity contribution in [1.82, 2.24) is 4.90 Å². The van der Waals surface area contributed by atoms with E-state index < -0.39 is 17.5 Å². The minimum Gasteiger partial charge on any atom is -0.445 e. The molecule has 2 aliphatic rings. The van der Waals surface area contributed by atoms with Crippen LogP contribution in [0.25, 0.3) is 0 Å². The van der Waals surface area contributed by atoms with Gasteiger partial charge in [0.1, 0.15) is 12.4 Å². The quantitative estimate of drug-likeness (QED) is 0.304. The van der Waals surface area contributed by atoms with Crippen LogP contribution < -0.4 is 0 Å². The normalized spacial score (nSPS) is 17.8. The third-order valence-electron chi connectivity index (χ3n) is 6.69. The number of alkyl halides is 3. The minimum atomic E-state index is -4.52. The minimum absolute atomic E-state index is 0.0401. The fourth-order valence-corrected chi connectivity index (χ4v) is 4.50. The number of allylic oxidation sites excluding steroid dienone is 6. The number of carbonyl (C=O) groups excluding carboxylic acids is 3. The molecule has 1 aliphatic heterocycles. The number of amides is 1. The van der Waals surface area contributed by atoms with Crippen molar-refractivity contribution >= 4 is 17.7 Å². The Bertz CT molecular complexity index is 1240. The van der Waals surface area contributed by atoms with Crippen LogP contribution in [0.1, 0.15) is 40.7 Å². The molecule has 0 atom stereocenters. The average Bonchev–Trinajstić information content (AvgIpc) is 2.93. The van der Waals surface area contributed by atoms with E-state index in [9.17, 15) is 27.6 Å². The van der Waals surface area contributed by atoms with Crippen LogP contribution in [-0.4, -0.2) is 35.6 Å². The fraction of sp³-hybridized carbons (Fsp3) is 0.300. The SMILES string of the molecule is O=C(C=C1C=CC(CC(=O)C2CCN(C(=O)OCc3ccccc3)CC2)C=C1)c1cccc(C(F)(F)F)c1. The second-order valence-corrected chi connectivity index (χ2v) is 9.44. The van der Waals surface area contributed by atoms with E-state index in [0.717, 1.165) is 17.7 Å². The van der Waals surface area contributed by atoms with Crippen LogP contribution in [0.3, 0.4) is 0 Å². The number of ketones is 2. The molecule has 198 valence electrons. The molecule has 0 radical (unpaired) electrons. The van der Waals surface area contributed by atoms with Gasteiger partial charge in [-0.1, -0.05) is 66.8 Å². The smallest absolute Gasteiger partial charge is 0.416 e. The number of likely N-dealkylation sites (tertiary alicyclic amines) is 1. The van der Waals surface area contributed by atoms with Crippen LogP contribution in [0.15, 0.2) is 90.6 Å². The number of hydrogen-bond donors (Lipinski definition) is 0. The van der Waals surface area contributed by atoms with Gasteiger partial charge in [0.25, 0.3) is 0 Å². The van der Waals surface area contributed by atoms with Gasteiger partial charge in [-0.3, -0.25) is 9.59 Å². The van der Waals surface area contributed by atoms with Gasteiger partial charge in [-0.05, 0) is 42.2 Å². The van der Waals surface area contributed by atoms with E-state index in [0.29, 0.717) is 37.9 Å². The Morgan fingerprint density at radius 2 is 1.63 bits per heavy atom. The topological polar surface area (TPSA) is 63.7 Å². The zero-order chi connectivity index (χ0) is 27.1. The predicted octanol–water partition coefficient (Wildman–Crippen LogP) is 6.56. The van der Waals surface area contributed by atoms with Crippen molar-refractivity contribution in [2.45, 2.75) is 32.0 Å². The Labute approximate surface area is 219 Å². The highest BCUT2D eigenvalue weighted by molar-refractivity contribution is 6.05. The molecule has 0 bridgehead atoms. The Balaban J connectivity index is 1.23. The summed E-state index contributed by atoms with van der Waals surface area (Å²) in [5.41, 5.74) is 0.558. The van der Waals surface area contributed by atoms with Gasteiger partial charge in [-0.15, -0.1) is 0 Å². The van der Waals surface area contributed by atoms with Gasteiger partial charge in [0.2, 0.25) is 0 Å². The maximum absolute atomic E-state index is 12.9. The second kappa shape index (κ2) is 12.1. The Morgan fingerprint density at radius 1 is 0.947 bits per heavy atom. The predicted molar refractivity (Wildman–Crippen MR) is 136 cm³/mol. The van der Waals surface area contributed by atoms with Crippen molar-refractivity contribution in [2.75, 3.05) is 13.1 Å². The molecule has 0 spiro atoms. The molecule has 8 heteroatoms. The number of halogens is 3. The van der Waals surface area contributed by atoms with Gasteiger partial charge in [-0.25, -0.2) is 4.79 Å². The van der Waals surface area contributed by atoms with Crippen molar-refractivity contribution in [3.8, 4) is 0 Å². The summed E-state index contributed by atoms with van der Waals surface area (Å²) >= 11 is 0. The highest BCUT2D eigenvalue weighted by Crippen LogP contribution is 2.30. The van der Waals surface area contributed by atoms with Gasteiger partial charge in [0.15, 0.2) is 5.78 Å². The monoisotopic (exact) mass is 523 g/mol. The van der Waals surface area contributed by atoms with E-state index in [2.05, 4.69) is 0 Å². The standard InChI is InChI=1S/C30H28F3NO4/c31-30(32,33)26-8-4-7-25(19-26)28(36)18-22-11-9-21(10-12-22)17-27(35)24-13-15-34(16-14-24)29(37)38-20-23-5-2-1-3-6-23/h1-12,18-19,21,24H,13-17,20H2. The number of ether oxygens (including phenoxy) is 1. The lowest BCUT2D eigenvalue weighted by Gasteiger charge is -2.31. The molecule has 4 rings (SSSR count). The first-order valence-corrected chi connectivity index (χ1v) is 12.5. The first-order chi connectivity index (χ1) is 18.2. The lowest BCUT2D eigenvalue weighted by atomic mass is 9.86. The van der Waals surface area contributed by atoms with Crippen LogP contribution >= 0.6 is 0 Å². The van der Waals surface area contributed by atoms with Crippen LogP contribution in [-0.2, 0) is 22.3 Å².